The van der Waals surface area contributed by atoms with E-state index in [0.717, 1.165) is 16.7 Å². The van der Waals surface area contributed by atoms with Crippen LogP contribution >= 0.6 is 27.5 Å². The van der Waals surface area contributed by atoms with Crippen molar-refractivity contribution in [2.24, 2.45) is 5.73 Å². The number of nitrogens with zero attached hydrogens (tertiary/aromatic N) is 1. The molecule has 1 heterocycles. The van der Waals surface area contributed by atoms with Gasteiger partial charge in [0.15, 0.2) is 0 Å². The summed E-state index contributed by atoms with van der Waals surface area (Å²) in [4.78, 5) is 4.15. The van der Waals surface area contributed by atoms with Gasteiger partial charge in [-0.25, -0.2) is 4.98 Å². The van der Waals surface area contributed by atoms with E-state index in [0.29, 0.717) is 11.1 Å². The topological polar surface area (TPSA) is 50.9 Å². The maximum Gasteiger partial charge on any atom is 0.140 e. The summed E-state index contributed by atoms with van der Waals surface area (Å²) < 4.78 is 0.874. The van der Waals surface area contributed by atoms with Crippen LogP contribution < -0.4 is 11.1 Å². The lowest BCUT2D eigenvalue weighted by molar-refractivity contribution is 0.994. The fraction of sp³-hybridized carbons (Fsp3) is 0.375. The van der Waals surface area contributed by atoms with Crippen LogP contribution in [0.3, 0.4) is 0 Å². The molecular weight excluding hydrogens is 253 g/mol. The van der Waals surface area contributed by atoms with E-state index in [1.807, 2.05) is 6.07 Å². The van der Waals surface area contributed by atoms with E-state index in [4.69, 9.17) is 17.3 Å². The molecule has 2 unspecified atom stereocenters. The molecule has 0 amide bonds. The maximum absolute atomic E-state index is 5.75. The van der Waals surface area contributed by atoms with Gasteiger partial charge in [0.05, 0.1) is 9.50 Å². The average molecular weight is 263 g/mol. The molecule has 5 heteroatoms. The van der Waals surface area contributed by atoms with Crippen molar-refractivity contribution in [3.8, 4) is 0 Å². The van der Waals surface area contributed by atoms with E-state index >= 15 is 0 Å². The van der Waals surface area contributed by atoms with Crippen molar-refractivity contribution in [2.75, 3.05) is 5.32 Å². The summed E-state index contributed by atoms with van der Waals surface area (Å²) in [6.07, 6.45) is 2.62. The van der Waals surface area contributed by atoms with Gasteiger partial charge in [0.2, 0.25) is 0 Å². The monoisotopic (exact) mass is 261 g/mol. The Morgan fingerprint density at radius 1 is 1.69 bits per heavy atom. The smallest absolute Gasteiger partial charge is 0.140 e. The zero-order valence-corrected chi connectivity index (χ0v) is 9.14. The first-order chi connectivity index (χ1) is 6.16. The molecule has 0 spiro atoms. The summed E-state index contributed by atoms with van der Waals surface area (Å²) in [7, 11) is 0. The molecule has 0 aromatic carbocycles. The molecule has 2 rings (SSSR count). The number of hydrogen-bond acceptors (Lipinski definition) is 3. The van der Waals surface area contributed by atoms with Crippen LogP contribution in [0, 0.1) is 0 Å². The Kier molecular flexibility index (Phi) is 2.45. The molecule has 0 aliphatic heterocycles. The highest BCUT2D eigenvalue weighted by molar-refractivity contribution is 9.10. The van der Waals surface area contributed by atoms with Crippen molar-refractivity contribution in [3.63, 3.8) is 0 Å². The van der Waals surface area contributed by atoms with Gasteiger partial charge in [0.25, 0.3) is 0 Å². The molecule has 0 radical (unpaired) electrons. The van der Waals surface area contributed by atoms with Crippen molar-refractivity contribution in [3.05, 3.63) is 21.8 Å². The van der Waals surface area contributed by atoms with Crippen molar-refractivity contribution in [1.82, 2.24) is 4.98 Å². The molecule has 1 aliphatic rings. The Bertz CT molecular complexity index is 331. The van der Waals surface area contributed by atoms with Crippen LogP contribution in [0.25, 0.3) is 0 Å². The molecule has 3 nitrogen and oxygen atoms in total. The van der Waals surface area contributed by atoms with Gasteiger partial charge < -0.3 is 11.1 Å². The van der Waals surface area contributed by atoms with E-state index in [1.165, 1.54) is 0 Å². The second-order valence-electron chi connectivity index (χ2n) is 3.13. The lowest BCUT2D eigenvalue weighted by Crippen LogP contribution is -2.14. The molecule has 2 atom stereocenters. The van der Waals surface area contributed by atoms with E-state index in [9.17, 15) is 0 Å². The Morgan fingerprint density at radius 2 is 2.38 bits per heavy atom. The quantitative estimate of drug-likeness (QED) is 0.857. The highest BCUT2D eigenvalue weighted by Gasteiger charge is 2.33. The largest absolute Gasteiger partial charge is 0.365 e. The standard InChI is InChI=1S/C8H9BrClN3/c9-5-1-4(10)3-12-8(5)13-7-2-6(7)11/h1,3,6-7H,2,11H2,(H,12,13). The molecule has 13 heavy (non-hydrogen) atoms. The maximum atomic E-state index is 5.75. The Morgan fingerprint density at radius 3 is 2.92 bits per heavy atom. The summed E-state index contributed by atoms with van der Waals surface area (Å²) in [5, 5.41) is 3.84. The molecule has 0 saturated heterocycles. The van der Waals surface area contributed by atoms with Crippen LogP contribution in [0.1, 0.15) is 6.42 Å². The highest BCUT2D eigenvalue weighted by atomic mass is 79.9. The fourth-order valence-corrected chi connectivity index (χ4v) is 1.83. The average Bonchev–Trinajstić information content (AvgIpc) is 2.73. The van der Waals surface area contributed by atoms with Crippen molar-refractivity contribution in [1.29, 1.82) is 0 Å². The molecule has 1 aliphatic carbocycles. The van der Waals surface area contributed by atoms with Crippen LogP contribution in [-0.2, 0) is 0 Å². The van der Waals surface area contributed by atoms with E-state index in [2.05, 4.69) is 26.2 Å². The molecular formula is C8H9BrClN3. The molecule has 1 aromatic rings. The third kappa shape index (κ3) is 2.13. The van der Waals surface area contributed by atoms with Gasteiger partial charge in [-0.15, -0.1) is 0 Å². The normalized spacial score (nSPS) is 25.8. The number of nitrogens with two attached hydrogens (primary N) is 1. The number of hydrogen-bond donors (Lipinski definition) is 2. The molecule has 1 saturated carbocycles. The van der Waals surface area contributed by atoms with Gasteiger partial charge >= 0.3 is 0 Å². The first kappa shape index (κ1) is 9.24. The van der Waals surface area contributed by atoms with Crippen LogP contribution in [0.4, 0.5) is 5.82 Å². The van der Waals surface area contributed by atoms with E-state index in [1.54, 1.807) is 6.20 Å². The summed E-state index contributed by atoms with van der Waals surface area (Å²) in [5.41, 5.74) is 5.66. The van der Waals surface area contributed by atoms with Crippen LogP contribution in [-0.4, -0.2) is 17.1 Å². The van der Waals surface area contributed by atoms with Crippen LogP contribution in [0.2, 0.25) is 5.02 Å². The SMILES string of the molecule is NC1CC1Nc1ncc(Cl)cc1Br. The zero-order valence-electron chi connectivity index (χ0n) is 6.80. The molecule has 1 fully saturated rings. The number of halogens is 2. The number of nitrogens with one attached hydrogen (secondary N) is 1. The summed E-state index contributed by atoms with van der Waals surface area (Å²) in [5.74, 6) is 0.808. The summed E-state index contributed by atoms with van der Waals surface area (Å²) in [6, 6.07) is 2.44. The Hall–Kier alpha value is -0.320. The lowest BCUT2D eigenvalue weighted by Gasteiger charge is -2.05. The van der Waals surface area contributed by atoms with Gasteiger partial charge in [-0.1, -0.05) is 11.6 Å². The zero-order chi connectivity index (χ0) is 9.42. The number of pyridine rings is 1. The molecule has 0 bridgehead atoms. The first-order valence-corrected chi connectivity index (χ1v) is 5.17. The Labute approximate surface area is 89.8 Å². The van der Waals surface area contributed by atoms with Crippen LogP contribution in [0.5, 0.6) is 0 Å². The third-order valence-electron chi connectivity index (χ3n) is 1.97. The lowest BCUT2D eigenvalue weighted by atomic mass is 10.4. The summed E-state index contributed by atoms with van der Waals surface area (Å²) in [6.45, 7) is 0. The molecule has 1 aromatic heterocycles. The molecule has 70 valence electrons. The third-order valence-corrected chi connectivity index (χ3v) is 2.78. The van der Waals surface area contributed by atoms with Crippen molar-refractivity contribution < 1.29 is 0 Å². The van der Waals surface area contributed by atoms with E-state index in [-0.39, 0.29) is 6.04 Å². The number of aromatic nitrogens is 1. The van der Waals surface area contributed by atoms with Crippen LogP contribution in [0.15, 0.2) is 16.7 Å². The predicted octanol–water partition coefficient (Wildman–Crippen LogP) is 2.01. The van der Waals surface area contributed by atoms with Crippen molar-refractivity contribution >= 4 is 33.3 Å². The van der Waals surface area contributed by atoms with Gasteiger partial charge in [0, 0.05) is 18.3 Å². The minimum Gasteiger partial charge on any atom is -0.365 e. The fourth-order valence-electron chi connectivity index (χ4n) is 1.08. The van der Waals surface area contributed by atoms with Gasteiger partial charge in [-0.3, -0.25) is 0 Å². The van der Waals surface area contributed by atoms with Gasteiger partial charge in [0.1, 0.15) is 5.82 Å². The second-order valence-corrected chi connectivity index (χ2v) is 4.43. The summed E-state index contributed by atoms with van der Waals surface area (Å²) >= 11 is 9.13. The first-order valence-electron chi connectivity index (χ1n) is 4.00. The number of rotatable bonds is 2. The Balaban J connectivity index is 2.11. The highest BCUT2D eigenvalue weighted by Crippen LogP contribution is 2.28. The predicted molar refractivity (Wildman–Crippen MR) is 57.0 cm³/mol. The van der Waals surface area contributed by atoms with Gasteiger partial charge in [-0.2, -0.15) is 0 Å². The molecule has 3 N–H and O–H groups in total. The second kappa shape index (κ2) is 3.44. The minimum atomic E-state index is 0.268. The van der Waals surface area contributed by atoms with E-state index < -0.39 is 0 Å². The minimum absolute atomic E-state index is 0.268. The number of anilines is 1. The van der Waals surface area contributed by atoms with Crippen molar-refractivity contribution in [2.45, 2.75) is 18.5 Å². The van der Waals surface area contributed by atoms with Gasteiger partial charge in [-0.05, 0) is 28.4 Å².